The fraction of sp³-hybridized carbons (Fsp3) is 0.533. The Morgan fingerprint density at radius 2 is 2.32 bits per heavy atom. The van der Waals surface area contributed by atoms with E-state index in [2.05, 4.69) is 12.2 Å². The summed E-state index contributed by atoms with van der Waals surface area (Å²) >= 11 is 5.92. The van der Waals surface area contributed by atoms with Gasteiger partial charge in [-0.25, -0.2) is 0 Å². The van der Waals surface area contributed by atoms with Crippen molar-refractivity contribution in [2.45, 2.75) is 32.7 Å². The highest BCUT2D eigenvalue weighted by Gasteiger charge is 2.29. The highest BCUT2D eigenvalue weighted by atomic mass is 35.5. The lowest BCUT2D eigenvalue weighted by atomic mass is 9.99. The number of quaternary nitrogens is 1. The van der Waals surface area contributed by atoms with Crippen molar-refractivity contribution in [3.8, 4) is 0 Å². The van der Waals surface area contributed by atoms with Gasteiger partial charge < -0.3 is 10.2 Å². The standard InChI is InChI=1S/C15H21ClN2O/c1-11-5-4-8-18(10-11)12(2)15(19)17-14-7-3-6-13(16)9-14/h3,6-7,9,11-12H,4-5,8,10H2,1-2H3,(H,17,19)/p+1/t11-,12+/m1/s1. The van der Waals surface area contributed by atoms with E-state index in [9.17, 15) is 4.79 Å². The first-order chi connectivity index (χ1) is 9.06. The van der Waals surface area contributed by atoms with E-state index in [-0.39, 0.29) is 11.9 Å². The third kappa shape index (κ3) is 3.95. The summed E-state index contributed by atoms with van der Waals surface area (Å²) in [5.41, 5.74) is 0.772. The molecule has 0 aromatic heterocycles. The molecular weight excluding hydrogens is 260 g/mol. The number of hydrogen-bond donors (Lipinski definition) is 2. The number of hydrogen-bond acceptors (Lipinski definition) is 1. The van der Waals surface area contributed by atoms with E-state index < -0.39 is 0 Å². The molecular formula is C15H22ClN2O+. The second kappa shape index (κ2) is 6.40. The molecule has 0 bridgehead atoms. The largest absolute Gasteiger partial charge is 0.325 e. The average Bonchev–Trinajstić information content (AvgIpc) is 2.38. The van der Waals surface area contributed by atoms with Gasteiger partial charge in [0.05, 0.1) is 13.1 Å². The van der Waals surface area contributed by atoms with Gasteiger partial charge in [-0.1, -0.05) is 24.6 Å². The molecule has 1 unspecified atom stereocenters. The van der Waals surface area contributed by atoms with E-state index in [0.717, 1.165) is 18.8 Å². The van der Waals surface area contributed by atoms with Crippen LogP contribution in [0.2, 0.25) is 5.02 Å². The number of carbonyl (C=O) groups excluding carboxylic acids is 1. The molecule has 1 aromatic carbocycles. The Morgan fingerprint density at radius 1 is 1.53 bits per heavy atom. The minimum absolute atomic E-state index is 0.0123. The molecule has 2 N–H and O–H groups in total. The van der Waals surface area contributed by atoms with Crippen molar-refractivity contribution in [3.63, 3.8) is 0 Å². The van der Waals surface area contributed by atoms with Crippen LogP contribution in [-0.2, 0) is 4.79 Å². The Balaban J connectivity index is 1.95. The normalized spacial score (nSPS) is 24.8. The summed E-state index contributed by atoms with van der Waals surface area (Å²) in [7, 11) is 0. The van der Waals surface area contributed by atoms with E-state index in [1.54, 1.807) is 12.1 Å². The van der Waals surface area contributed by atoms with Gasteiger partial charge in [-0.3, -0.25) is 4.79 Å². The lowest BCUT2D eigenvalue weighted by Crippen LogP contribution is -3.17. The molecule has 19 heavy (non-hydrogen) atoms. The zero-order valence-electron chi connectivity index (χ0n) is 11.6. The SMILES string of the molecule is C[C@@H]1CCC[NH+]([C@@H](C)C(=O)Nc2cccc(Cl)c2)C1. The maximum absolute atomic E-state index is 12.3. The van der Waals surface area contributed by atoms with Gasteiger partial charge in [0.1, 0.15) is 0 Å². The van der Waals surface area contributed by atoms with E-state index in [4.69, 9.17) is 11.6 Å². The minimum Gasteiger partial charge on any atom is -0.325 e. The summed E-state index contributed by atoms with van der Waals surface area (Å²) in [6, 6.07) is 7.28. The molecule has 1 fully saturated rings. The molecule has 1 heterocycles. The molecule has 0 saturated carbocycles. The molecule has 1 saturated heterocycles. The summed E-state index contributed by atoms with van der Waals surface area (Å²) in [4.78, 5) is 13.6. The highest BCUT2D eigenvalue weighted by Crippen LogP contribution is 2.15. The number of likely N-dealkylation sites (tertiary alicyclic amines) is 1. The summed E-state index contributed by atoms with van der Waals surface area (Å²) in [5, 5.41) is 3.59. The predicted molar refractivity (Wildman–Crippen MR) is 78.6 cm³/mol. The molecule has 1 aliphatic heterocycles. The van der Waals surface area contributed by atoms with Crippen LogP contribution in [0.15, 0.2) is 24.3 Å². The Bertz CT molecular complexity index is 450. The summed E-state index contributed by atoms with van der Waals surface area (Å²) in [5.74, 6) is 0.788. The maximum Gasteiger partial charge on any atom is 0.282 e. The van der Waals surface area contributed by atoms with Crippen LogP contribution in [-0.4, -0.2) is 25.0 Å². The van der Waals surface area contributed by atoms with Crippen molar-refractivity contribution in [1.29, 1.82) is 0 Å². The van der Waals surface area contributed by atoms with Gasteiger partial charge in [-0.2, -0.15) is 0 Å². The molecule has 3 nitrogen and oxygen atoms in total. The summed E-state index contributed by atoms with van der Waals surface area (Å²) in [6.07, 6.45) is 2.50. The number of amides is 1. The van der Waals surface area contributed by atoms with Gasteiger partial charge in [-0.15, -0.1) is 0 Å². The summed E-state index contributed by atoms with van der Waals surface area (Å²) < 4.78 is 0. The van der Waals surface area contributed by atoms with Gasteiger partial charge in [0.15, 0.2) is 6.04 Å². The minimum atomic E-state index is -0.0123. The first kappa shape index (κ1) is 14.4. The molecule has 2 rings (SSSR count). The van der Waals surface area contributed by atoms with Crippen LogP contribution in [0.1, 0.15) is 26.7 Å². The lowest BCUT2D eigenvalue weighted by molar-refractivity contribution is -0.922. The third-order valence-corrected chi connectivity index (χ3v) is 4.14. The van der Waals surface area contributed by atoms with Crippen LogP contribution in [0.3, 0.4) is 0 Å². The van der Waals surface area contributed by atoms with Crippen molar-refractivity contribution in [1.82, 2.24) is 0 Å². The quantitative estimate of drug-likeness (QED) is 0.873. The van der Waals surface area contributed by atoms with Crippen molar-refractivity contribution >= 4 is 23.2 Å². The zero-order chi connectivity index (χ0) is 13.8. The molecule has 1 aliphatic rings. The van der Waals surface area contributed by atoms with Crippen LogP contribution >= 0.6 is 11.6 Å². The molecule has 3 atom stereocenters. The number of rotatable bonds is 3. The van der Waals surface area contributed by atoms with Gasteiger partial charge >= 0.3 is 0 Å². The van der Waals surface area contributed by atoms with Gasteiger partial charge in [0.25, 0.3) is 5.91 Å². The number of nitrogens with one attached hydrogen (secondary N) is 2. The van der Waals surface area contributed by atoms with E-state index in [1.807, 2.05) is 19.1 Å². The van der Waals surface area contributed by atoms with Crippen molar-refractivity contribution in [2.75, 3.05) is 18.4 Å². The van der Waals surface area contributed by atoms with Crippen molar-refractivity contribution in [2.24, 2.45) is 5.92 Å². The first-order valence-corrected chi connectivity index (χ1v) is 7.35. The first-order valence-electron chi connectivity index (χ1n) is 6.97. The fourth-order valence-corrected chi connectivity index (χ4v) is 2.92. The lowest BCUT2D eigenvalue weighted by Gasteiger charge is -2.31. The average molecular weight is 282 g/mol. The Morgan fingerprint density at radius 3 is 3.00 bits per heavy atom. The third-order valence-electron chi connectivity index (χ3n) is 3.90. The van der Waals surface area contributed by atoms with E-state index >= 15 is 0 Å². The van der Waals surface area contributed by atoms with Gasteiger partial charge in [0, 0.05) is 16.6 Å². The second-order valence-corrected chi connectivity index (χ2v) is 6.02. The number of carbonyl (C=O) groups is 1. The molecule has 0 radical (unpaired) electrons. The number of benzene rings is 1. The highest BCUT2D eigenvalue weighted by molar-refractivity contribution is 6.30. The smallest absolute Gasteiger partial charge is 0.282 e. The molecule has 104 valence electrons. The fourth-order valence-electron chi connectivity index (χ4n) is 2.72. The maximum atomic E-state index is 12.3. The number of piperidine rings is 1. The van der Waals surface area contributed by atoms with E-state index in [1.165, 1.54) is 17.7 Å². The summed E-state index contributed by atoms with van der Waals surface area (Å²) in [6.45, 7) is 6.45. The molecule has 0 aliphatic carbocycles. The van der Waals surface area contributed by atoms with Crippen LogP contribution in [0.5, 0.6) is 0 Å². The molecule has 0 spiro atoms. The topological polar surface area (TPSA) is 33.5 Å². The number of anilines is 1. The molecule has 1 aromatic rings. The Labute approximate surface area is 119 Å². The van der Waals surface area contributed by atoms with E-state index in [0.29, 0.717) is 10.9 Å². The zero-order valence-corrected chi connectivity index (χ0v) is 12.3. The van der Waals surface area contributed by atoms with Gasteiger partial charge in [-0.05, 0) is 38.0 Å². The van der Waals surface area contributed by atoms with Crippen LogP contribution in [0.4, 0.5) is 5.69 Å². The van der Waals surface area contributed by atoms with Crippen molar-refractivity contribution in [3.05, 3.63) is 29.3 Å². The second-order valence-electron chi connectivity index (χ2n) is 5.58. The van der Waals surface area contributed by atoms with Crippen LogP contribution in [0, 0.1) is 5.92 Å². The molecule has 1 amide bonds. The predicted octanol–water partition coefficient (Wildman–Crippen LogP) is 1.98. The van der Waals surface area contributed by atoms with Crippen molar-refractivity contribution < 1.29 is 9.69 Å². The Hall–Kier alpha value is -1.06. The van der Waals surface area contributed by atoms with Crippen LogP contribution in [0.25, 0.3) is 0 Å². The van der Waals surface area contributed by atoms with Crippen LogP contribution < -0.4 is 10.2 Å². The Kier molecular flexibility index (Phi) is 4.83. The number of halogens is 1. The van der Waals surface area contributed by atoms with Gasteiger partial charge in [0.2, 0.25) is 0 Å². The molecule has 4 heteroatoms. The monoisotopic (exact) mass is 281 g/mol.